The number of pyridine rings is 1. The number of nitrogens with zero attached hydrogens (tertiary/aromatic N) is 2. The number of rotatable bonds is 5. The topological polar surface area (TPSA) is 45.2 Å². The lowest BCUT2D eigenvalue weighted by molar-refractivity contribution is 0.0950. The summed E-state index contributed by atoms with van der Waals surface area (Å²) < 4.78 is 0. The number of hydrogen-bond acceptors (Lipinski definition) is 3. The van der Waals surface area contributed by atoms with E-state index in [9.17, 15) is 4.79 Å². The Morgan fingerprint density at radius 1 is 1.12 bits per heavy atom. The van der Waals surface area contributed by atoms with E-state index in [1.165, 1.54) is 17.5 Å². The number of nitrogens with one attached hydrogen (secondary N) is 1. The van der Waals surface area contributed by atoms with Crippen molar-refractivity contribution < 1.29 is 4.79 Å². The first-order valence-electron chi connectivity index (χ1n) is 9.09. The standard InChI is InChI=1S/C21H27N3O/c1-16-10-17(2)14-24(13-16)15-20-7-4-3-6-18(20)12-23-21(25)19-8-5-9-22-11-19/h3-9,11,16-17H,10,12-15H2,1-2H3,(H,23,25)/t16-,17+. The van der Waals surface area contributed by atoms with Crippen molar-refractivity contribution in [2.45, 2.75) is 33.4 Å². The Morgan fingerprint density at radius 3 is 2.52 bits per heavy atom. The molecule has 4 heteroatoms. The minimum absolute atomic E-state index is 0.0804. The molecule has 0 unspecified atom stereocenters. The Bertz CT molecular complexity index is 691. The van der Waals surface area contributed by atoms with E-state index >= 15 is 0 Å². The van der Waals surface area contributed by atoms with Crippen molar-refractivity contribution in [2.75, 3.05) is 13.1 Å². The van der Waals surface area contributed by atoms with Gasteiger partial charge in [-0.1, -0.05) is 38.1 Å². The number of carbonyl (C=O) groups excluding carboxylic acids is 1. The maximum atomic E-state index is 12.2. The molecule has 1 fully saturated rings. The fourth-order valence-corrected chi connectivity index (χ4v) is 3.82. The number of benzene rings is 1. The van der Waals surface area contributed by atoms with Crippen LogP contribution >= 0.6 is 0 Å². The molecular weight excluding hydrogens is 310 g/mol. The Hall–Kier alpha value is -2.20. The van der Waals surface area contributed by atoms with Gasteiger partial charge in [-0.15, -0.1) is 0 Å². The van der Waals surface area contributed by atoms with Gasteiger partial charge in [0.1, 0.15) is 0 Å². The van der Waals surface area contributed by atoms with Gasteiger partial charge >= 0.3 is 0 Å². The molecule has 0 saturated carbocycles. The lowest BCUT2D eigenvalue weighted by atomic mass is 9.91. The maximum Gasteiger partial charge on any atom is 0.253 e. The maximum absolute atomic E-state index is 12.2. The third-order valence-electron chi connectivity index (χ3n) is 4.82. The Kier molecular flexibility index (Phi) is 5.82. The SMILES string of the molecule is C[C@@H]1C[C@H](C)CN(Cc2ccccc2CNC(=O)c2cccnc2)C1. The number of amides is 1. The number of piperidine rings is 1. The Morgan fingerprint density at radius 2 is 1.84 bits per heavy atom. The number of carbonyl (C=O) groups is 1. The van der Waals surface area contributed by atoms with Crippen molar-refractivity contribution in [2.24, 2.45) is 11.8 Å². The van der Waals surface area contributed by atoms with Crippen LogP contribution in [0.2, 0.25) is 0 Å². The van der Waals surface area contributed by atoms with Crippen LogP contribution in [0.25, 0.3) is 0 Å². The Balaban J connectivity index is 1.64. The van der Waals surface area contributed by atoms with Gasteiger partial charge in [-0.3, -0.25) is 14.7 Å². The summed E-state index contributed by atoms with van der Waals surface area (Å²) in [5.41, 5.74) is 3.08. The fraction of sp³-hybridized carbons (Fsp3) is 0.429. The molecule has 0 aliphatic carbocycles. The highest BCUT2D eigenvalue weighted by molar-refractivity contribution is 5.93. The van der Waals surface area contributed by atoms with Crippen LogP contribution in [0, 0.1) is 11.8 Å². The summed E-state index contributed by atoms with van der Waals surface area (Å²) in [6.45, 7) is 8.48. The molecule has 1 aliphatic heterocycles. The summed E-state index contributed by atoms with van der Waals surface area (Å²) in [7, 11) is 0. The second kappa shape index (κ2) is 8.26. The second-order valence-electron chi connectivity index (χ2n) is 7.33. The van der Waals surface area contributed by atoms with Gasteiger partial charge in [-0.05, 0) is 41.5 Å². The summed E-state index contributed by atoms with van der Waals surface area (Å²) in [6, 6.07) is 12.0. The van der Waals surface area contributed by atoms with Crippen molar-refractivity contribution in [3.05, 3.63) is 65.5 Å². The fourth-order valence-electron chi connectivity index (χ4n) is 3.82. The quantitative estimate of drug-likeness (QED) is 0.908. The molecule has 3 rings (SSSR count). The van der Waals surface area contributed by atoms with Gasteiger partial charge < -0.3 is 5.32 Å². The third-order valence-corrected chi connectivity index (χ3v) is 4.82. The highest BCUT2D eigenvalue weighted by Crippen LogP contribution is 2.23. The van der Waals surface area contributed by atoms with E-state index in [1.54, 1.807) is 24.5 Å². The second-order valence-corrected chi connectivity index (χ2v) is 7.33. The molecule has 0 bridgehead atoms. The molecule has 0 spiro atoms. The molecule has 1 saturated heterocycles. The van der Waals surface area contributed by atoms with Gasteiger partial charge in [-0.2, -0.15) is 0 Å². The van der Waals surface area contributed by atoms with E-state index in [0.717, 1.165) is 31.5 Å². The first-order valence-corrected chi connectivity index (χ1v) is 9.09. The van der Waals surface area contributed by atoms with Gasteiger partial charge in [-0.25, -0.2) is 0 Å². The number of aromatic nitrogens is 1. The van der Waals surface area contributed by atoms with E-state index in [0.29, 0.717) is 12.1 Å². The van der Waals surface area contributed by atoms with Crippen LogP contribution in [-0.4, -0.2) is 28.9 Å². The normalized spacial score (nSPS) is 21.0. The zero-order valence-electron chi connectivity index (χ0n) is 15.1. The number of likely N-dealkylation sites (tertiary alicyclic amines) is 1. The largest absolute Gasteiger partial charge is 0.348 e. The summed E-state index contributed by atoms with van der Waals surface area (Å²) >= 11 is 0. The molecular formula is C21H27N3O. The predicted molar refractivity (Wildman–Crippen MR) is 100 cm³/mol. The lowest BCUT2D eigenvalue weighted by Gasteiger charge is -2.35. The summed E-state index contributed by atoms with van der Waals surface area (Å²) in [6.07, 6.45) is 4.59. The summed E-state index contributed by atoms with van der Waals surface area (Å²) in [5, 5.41) is 3.01. The van der Waals surface area contributed by atoms with Crippen LogP contribution in [0.15, 0.2) is 48.8 Å². The molecule has 1 aliphatic rings. The molecule has 1 aromatic carbocycles. The zero-order valence-corrected chi connectivity index (χ0v) is 15.1. The summed E-state index contributed by atoms with van der Waals surface area (Å²) in [4.78, 5) is 18.8. The van der Waals surface area contributed by atoms with Gasteiger partial charge in [0, 0.05) is 38.6 Å². The average Bonchev–Trinajstić information content (AvgIpc) is 2.60. The van der Waals surface area contributed by atoms with Crippen molar-refractivity contribution in [3.8, 4) is 0 Å². The van der Waals surface area contributed by atoms with Gasteiger partial charge in [0.05, 0.1) is 5.56 Å². The molecule has 2 atom stereocenters. The minimum atomic E-state index is -0.0804. The van der Waals surface area contributed by atoms with Crippen molar-refractivity contribution in [1.82, 2.24) is 15.2 Å². The molecule has 132 valence electrons. The molecule has 1 amide bonds. The number of hydrogen-bond donors (Lipinski definition) is 1. The zero-order chi connectivity index (χ0) is 17.6. The predicted octanol–water partition coefficient (Wildman–Crippen LogP) is 3.49. The van der Waals surface area contributed by atoms with Gasteiger partial charge in [0.15, 0.2) is 0 Å². The third kappa shape index (κ3) is 4.89. The van der Waals surface area contributed by atoms with Crippen LogP contribution < -0.4 is 5.32 Å². The molecule has 1 aromatic heterocycles. The summed E-state index contributed by atoms with van der Waals surface area (Å²) in [5.74, 6) is 1.42. The molecule has 2 heterocycles. The van der Waals surface area contributed by atoms with Gasteiger partial charge in [0.2, 0.25) is 0 Å². The van der Waals surface area contributed by atoms with E-state index in [4.69, 9.17) is 0 Å². The van der Waals surface area contributed by atoms with Crippen LogP contribution in [0.5, 0.6) is 0 Å². The van der Waals surface area contributed by atoms with Crippen molar-refractivity contribution in [3.63, 3.8) is 0 Å². The monoisotopic (exact) mass is 337 g/mol. The van der Waals surface area contributed by atoms with Gasteiger partial charge in [0.25, 0.3) is 5.91 Å². The van der Waals surface area contributed by atoms with Crippen LogP contribution in [0.4, 0.5) is 0 Å². The minimum Gasteiger partial charge on any atom is -0.348 e. The molecule has 1 N–H and O–H groups in total. The van der Waals surface area contributed by atoms with Crippen molar-refractivity contribution >= 4 is 5.91 Å². The van der Waals surface area contributed by atoms with Crippen molar-refractivity contribution in [1.29, 1.82) is 0 Å². The molecule has 0 radical (unpaired) electrons. The highest BCUT2D eigenvalue weighted by Gasteiger charge is 2.22. The Labute approximate surface area is 150 Å². The van der Waals surface area contributed by atoms with E-state index < -0.39 is 0 Å². The van der Waals surface area contributed by atoms with E-state index in [-0.39, 0.29) is 5.91 Å². The van der Waals surface area contributed by atoms with E-state index in [1.807, 2.05) is 6.07 Å². The highest BCUT2D eigenvalue weighted by atomic mass is 16.1. The first-order chi connectivity index (χ1) is 12.1. The van der Waals surface area contributed by atoms with Crippen LogP contribution in [0.3, 0.4) is 0 Å². The molecule has 2 aromatic rings. The smallest absolute Gasteiger partial charge is 0.253 e. The lowest BCUT2D eigenvalue weighted by Crippen LogP contribution is -2.38. The molecule has 4 nitrogen and oxygen atoms in total. The van der Waals surface area contributed by atoms with Crippen LogP contribution in [-0.2, 0) is 13.1 Å². The average molecular weight is 337 g/mol. The first kappa shape index (κ1) is 17.6. The van der Waals surface area contributed by atoms with E-state index in [2.05, 4.69) is 47.2 Å². The molecule has 25 heavy (non-hydrogen) atoms. The van der Waals surface area contributed by atoms with Crippen LogP contribution in [0.1, 0.15) is 41.8 Å².